The summed E-state index contributed by atoms with van der Waals surface area (Å²) in [6, 6.07) is 15.5. The minimum Gasteiger partial charge on any atom is -0.352 e. The molecule has 0 fully saturated rings. The Balaban J connectivity index is 1.73. The van der Waals surface area contributed by atoms with Crippen LogP contribution in [0.2, 0.25) is 0 Å². The first-order valence-electron chi connectivity index (χ1n) is 7.92. The van der Waals surface area contributed by atoms with Gasteiger partial charge in [-0.25, -0.2) is 5.43 Å². The van der Waals surface area contributed by atoms with Crippen LogP contribution < -0.4 is 10.7 Å². The Hall–Kier alpha value is -3.55. The number of hydrogen-bond acceptors (Lipinski definition) is 5. The molecule has 8 nitrogen and oxygen atoms in total. The first-order valence-corrected chi connectivity index (χ1v) is 7.92. The van der Waals surface area contributed by atoms with Crippen LogP contribution in [0.5, 0.6) is 0 Å². The van der Waals surface area contributed by atoms with Crippen LogP contribution in [0.15, 0.2) is 59.7 Å². The summed E-state index contributed by atoms with van der Waals surface area (Å²) in [6.07, 6.45) is 1.19. The van der Waals surface area contributed by atoms with Gasteiger partial charge in [0.15, 0.2) is 0 Å². The summed E-state index contributed by atoms with van der Waals surface area (Å²) >= 11 is 0. The number of carbonyl (C=O) groups excluding carboxylic acids is 2. The van der Waals surface area contributed by atoms with Crippen LogP contribution in [0.3, 0.4) is 0 Å². The Kier molecular flexibility index (Phi) is 6.99. The molecule has 0 radical (unpaired) electrons. The maximum Gasteiger partial charge on any atom is 0.278 e. The number of amides is 2. The molecule has 0 aliphatic heterocycles. The van der Waals surface area contributed by atoms with Gasteiger partial charge in [-0.1, -0.05) is 42.5 Å². The Labute approximate surface area is 150 Å². The molecular weight excluding hydrogens is 336 g/mol. The third-order valence-corrected chi connectivity index (χ3v) is 3.44. The lowest BCUT2D eigenvalue weighted by atomic mass is 10.2. The van der Waals surface area contributed by atoms with Gasteiger partial charge in [-0.05, 0) is 11.6 Å². The van der Waals surface area contributed by atoms with E-state index in [4.69, 9.17) is 0 Å². The predicted octanol–water partition coefficient (Wildman–Crippen LogP) is 2.14. The quantitative estimate of drug-likeness (QED) is 0.429. The standard InChI is InChI=1S/C18H18N4O4/c23-17(19-12-14-6-2-1-3-7-14)10-11-18(24)21-20-13-15-8-4-5-9-16(15)22(25)26/h1-9,13H,10-12H2,(H,19,23)(H,21,24)/b20-13+. The molecule has 0 aliphatic carbocycles. The topological polar surface area (TPSA) is 114 Å². The first-order chi connectivity index (χ1) is 12.6. The summed E-state index contributed by atoms with van der Waals surface area (Å²) < 4.78 is 0. The van der Waals surface area contributed by atoms with E-state index in [1.54, 1.807) is 12.1 Å². The molecule has 0 atom stereocenters. The second kappa shape index (κ2) is 9.67. The zero-order chi connectivity index (χ0) is 18.8. The van der Waals surface area contributed by atoms with Gasteiger partial charge in [0.2, 0.25) is 11.8 Å². The zero-order valence-corrected chi connectivity index (χ0v) is 13.9. The number of carbonyl (C=O) groups is 2. The molecule has 2 N–H and O–H groups in total. The molecule has 0 saturated heterocycles. The summed E-state index contributed by atoms with van der Waals surface area (Å²) in [5.41, 5.74) is 3.40. The fourth-order valence-corrected chi connectivity index (χ4v) is 2.10. The highest BCUT2D eigenvalue weighted by atomic mass is 16.6. The van der Waals surface area contributed by atoms with E-state index in [1.807, 2.05) is 30.3 Å². The summed E-state index contributed by atoms with van der Waals surface area (Å²) in [5, 5.41) is 17.3. The minimum atomic E-state index is -0.528. The van der Waals surface area contributed by atoms with Crippen molar-refractivity contribution in [2.24, 2.45) is 5.10 Å². The van der Waals surface area contributed by atoms with Gasteiger partial charge in [0.1, 0.15) is 0 Å². The number of nitrogens with one attached hydrogen (secondary N) is 2. The monoisotopic (exact) mass is 354 g/mol. The highest BCUT2D eigenvalue weighted by Crippen LogP contribution is 2.14. The van der Waals surface area contributed by atoms with Gasteiger partial charge in [0.05, 0.1) is 16.7 Å². The number of para-hydroxylation sites is 1. The third-order valence-electron chi connectivity index (χ3n) is 3.44. The number of hydrazone groups is 1. The Bertz CT molecular complexity index is 806. The van der Waals surface area contributed by atoms with Gasteiger partial charge >= 0.3 is 0 Å². The van der Waals surface area contributed by atoms with Crippen molar-refractivity contribution in [3.8, 4) is 0 Å². The van der Waals surface area contributed by atoms with Crippen LogP contribution >= 0.6 is 0 Å². The van der Waals surface area contributed by atoms with Gasteiger partial charge in [0.25, 0.3) is 5.69 Å². The Morgan fingerprint density at radius 3 is 2.38 bits per heavy atom. The molecule has 2 aromatic carbocycles. The third kappa shape index (κ3) is 6.16. The van der Waals surface area contributed by atoms with Crippen LogP contribution in [-0.4, -0.2) is 23.0 Å². The van der Waals surface area contributed by atoms with Crippen LogP contribution in [0.25, 0.3) is 0 Å². The van der Waals surface area contributed by atoms with Crippen molar-refractivity contribution in [3.63, 3.8) is 0 Å². The maximum absolute atomic E-state index is 11.7. The largest absolute Gasteiger partial charge is 0.352 e. The molecule has 0 unspecified atom stereocenters. The average molecular weight is 354 g/mol. The molecule has 134 valence electrons. The van der Waals surface area contributed by atoms with Crippen molar-refractivity contribution < 1.29 is 14.5 Å². The van der Waals surface area contributed by atoms with E-state index >= 15 is 0 Å². The van der Waals surface area contributed by atoms with Crippen molar-refractivity contribution in [3.05, 3.63) is 75.8 Å². The van der Waals surface area contributed by atoms with Crippen molar-refractivity contribution in [2.45, 2.75) is 19.4 Å². The fourth-order valence-electron chi connectivity index (χ4n) is 2.10. The van der Waals surface area contributed by atoms with Crippen molar-refractivity contribution in [1.29, 1.82) is 0 Å². The Morgan fingerprint density at radius 2 is 1.65 bits per heavy atom. The average Bonchev–Trinajstić information content (AvgIpc) is 2.66. The number of nitrogens with zero attached hydrogens (tertiary/aromatic N) is 2. The number of nitro benzene ring substituents is 1. The summed E-state index contributed by atoms with van der Waals surface area (Å²) in [5.74, 6) is -0.693. The lowest BCUT2D eigenvalue weighted by Gasteiger charge is -2.04. The molecule has 0 spiro atoms. The van der Waals surface area contributed by atoms with Crippen molar-refractivity contribution in [1.82, 2.24) is 10.7 Å². The van der Waals surface area contributed by atoms with Gasteiger partial charge in [-0.15, -0.1) is 0 Å². The van der Waals surface area contributed by atoms with E-state index < -0.39 is 10.8 Å². The summed E-state index contributed by atoms with van der Waals surface area (Å²) in [7, 11) is 0. The summed E-state index contributed by atoms with van der Waals surface area (Å²) in [6.45, 7) is 0.400. The molecule has 0 aliphatic rings. The van der Waals surface area contributed by atoms with E-state index in [0.717, 1.165) is 5.56 Å². The van der Waals surface area contributed by atoms with E-state index in [2.05, 4.69) is 15.8 Å². The number of hydrogen-bond donors (Lipinski definition) is 2. The molecule has 0 saturated carbocycles. The number of rotatable bonds is 8. The Morgan fingerprint density at radius 1 is 1.00 bits per heavy atom. The summed E-state index contributed by atoms with van der Waals surface area (Å²) in [4.78, 5) is 33.8. The SMILES string of the molecule is O=C(CCC(=O)N/N=C/c1ccccc1[N+](=O)[O-])NCc1ccccc1. The number of benzene rings is 2. The molecule has 0 bridgehead atoms. The van der Waals surface area contributed by atoms with Crippen molar-refractivity contribution in [2.75, 3.05) is 0 Å². The molecular formula is C18H18N4O4. The van der Waals surface area contributed by atoms with E-state index in [1.165, 1.54) is 18.3 Å². The minimum absolute atomic E-state index is 0.0275. The second-order valence-electron chi connectivity index (χ2n) is 5.37. The molecule has 0 heterocycles. The fraction of sp³-hybridized carbons (Fsp3) is 0.167. The molecule has 26 heavy (non-hydrogen) atoms. The van der Waals surface area contributed by atoms with Crippen LogP contribution in [-0.2, 0) is 16.1 Å². The van der Waals surface area contributed by atoms with Gasteiger partial charge in [-0.2, -0.15) is 5.10 Å². The van der Waals surface area contributed by atoms with Gasteiger partial charge in [-0.3, -0.25) is 19.7 Å². The van der Waals surface area contributed by atoms with Crippen LogP contribution in [0.4, 0.5) is 5.69 Å². The smallest absolute Gasteiger partial charge is 0.278 e. The van der Waals surface area contributed by atoms with Crippen LogP contribution in [0, 0.1) is 10.1 Å². The zero-order valence-electron chi connectivity index (χ0n) is 13.9. The van der Waals surface area contributed by atoms with Crippen molar-refractivity contribution >= 4 is 23.7 Å². The molecule has 2 rings (SSSR count). The van der Waals surface area contributed by atoms with E-state index in [0.29, 0.717) is 6.54 Å². The van der Waals surface area contributed by atoms with E-state index in [9.17, 15) is 19.7 Å². The first kappa shape index (κ1) is 18.8. The lowest BCUT2D eigenvalue weighted by molar-refractivity contribution is -0.385. The lowest BCUT2D eigenvalue weighted by Crippen LogP contribution is -2.25. The highest BCUT2D eigenvalue weighted by molar-refractivity contribution is 5.87. The molecule has 0 aromatic heterocycles. The highest BCUT2D eigenvalue weighted by Gasteiger charge is 2.10. The second-order valence-corrected chi connectivity index (χ2v) is 5.37. The van der Waals surface area contributed by atoms with E-state index in [-0.39, 0.29) is 30.0 Å². The maximum atomic E-state index is 11.7. The molecule has 8 heteroatoms. The molecule has 2 amide bonds. The number of nitro groups is 1. The normalized spacial score (nSPS) is 10.5. The van der Waals surface area contributed by atoms with Gasteiger partial charge in [0, 0.05) is 25.5 Å². The van der Waals surface area contributed by atoms with Gasteiger partial charge < -0.3 is 5.32 Å². The van der Waals surface area contributed by atoms with Crippen LogP contribution in [0.1, 0.15) is 24.0 Å². The molecule has 2 aromatic rings. The predicted molar refractivity (Wildman–Crippen MR) is 96.4 cm³/mol.